The van der Waals surface area contributed by atoms with E-state index in [0.29, 0.717) is 11.5 Å². The fraction of sp³-hybridized carbons (Fsp3) is 1.00. The molecule has 0 bridgehead atoms. The first-order chi connectivity index (χ1) is 8.51. The number of rotatable bonds is 7. The van der Waals surface area contributed by atoms with Crippen LogP contribution in [0.1, 0.15) is 47.0 Å². The van der Waals surface area contributed by atoms with Crippen LogP contribution in [0.4, 0.5) is 0 Å². The van der Waals surface area contributed by atoms with Crippen molar-refractivity contribution < 1.29 is 4.74 Å². The molecule has 0 radical (unpaired) electrons. The molecule has 18 heavy (non-hydrogen) atoms. The number of morpholine rings is 1. The van der Waals surface area contributed by atoms with E-state index in [-0.39, 0.29) is 0 Å². The van der Waals surface area contributed by atoms with Gasteiger partial charge in [-0.25, -0.2) is 0 Å². The van der Waals surface area contributed by atoms with Gasteiger partial charge in [-0.15, -0.1) is 0 Å². The van der Waals surface area contributed by atoms with Crippen LogP contribution in [0.25, 0.3) is 0 Å². The van der Waals surface area contributed by atoms with E-state index in [1.807, 2.05) is 0 Å². The SMILES string of the molecule is CCCCCN1CCO[C@@H](CNCC(C)(C)C)C1. The lowest BCUT2D eigenvalue weighted by molar-refractivity contribution is -0.0280. The Morgan fingerprint density at radius 1 is 1.28 bits per heavy atom. The Morgan fingerprint density at radius 3 is 2.72 bits per heavy atom. The number of hydrogen-bond acceptors (Lipinski definition) is 3. The minimum Gasteiger partial charge on any atom is -0.374 e. The first-order valence-electron chi connectivity index (χ1n) is 7.56. The molecule has 108 valence electrons. The Morgan fingerprint density at radius 2 is 2.06 bits per heavy atom. The maximum Gasteiger partial charge on any atom is 0.0826 e. The zero-order chi connectivity index (χ0) is 13.4. The Bertz CT molecular complexity index is 213. The molecule has 0 aromatic carbocycles. The van der Waals surface area contributed by atoms with Gasteiger partial charge in [-0.1, -0.05) is 40.5 Å². The van der Waals surface area contributed by atoms with Crippen molar-refractivity contribution in [3.05, 3.63) is 0 Å². The molecule has 1 aliphatic heterocycles. The molecular formula is C15H32N2O. The molecule has 0 unspecified atom stereocenters. The van der Waals surface area contributed by atoms with Crippen molar-refractivity contribution in [2.24, 2.45) is 5.41 Å². The van der Waals surface area contributed by atoms with Crippen LogP contribution < -0.4 is 5.32 Å². The summed E-state index contributed by atoms with van der Waals surface area (Å²) in [6.45, 7) is 15.4. The largest absolute Gasteiger partial charge is 0.374 e. The van der Waals surface area contributed by atoms with Crippen LogP contribution in [0.5, 0.6) is 0 Å². The third-order valence-corrected chi connectivity index (χ3v) is 3.33. The van der Waals surface area contributed by atoms with Crippen molar-refractivity contribution in [2.45, 2.75) is 53.1 Å². The summed E-state index contributed by atoms with van der Waals surface area (Å²) in [5.41, 5.74) is 0.357. The van der Waals surface area contributed by atoms with Gasteiger partial charge in [0.1, 0.15) is 0 Å². The van der Waals surface area contributed by atoms with Gasteiger partial charge < -0.3 is 10.1 Å². The van der Waals surface area contributed by atoms with E-state index in [1.54, 1.807) is 0 Å². The summed E-state index contributed by atoms with van der Waals surface area (Å²) in [7, 11) is 0. The van der Waals surface area contributed by atoms with E-state index in [4.69, 9.17) is 4.74 Å². The smallest absolute Gasteiger partial charge is 0.0826 e. The number of hydrogen-bond donors (Lipinski definition) is 1. The summed E-state index contributed by atoms with van der Waals surface area (Å²) in [6.07, 6.45) is 4.37. The van der Waals surface area contributed by atoms with E-state index in [0.717, 1.165) is 32.8 Å². The summed E-state index contributed by atoms with van der Waals surface area (Å²) >= 11 is 0. The minimum atomic E-state index is 0.357. The molecule has 0 aliphatic carbocycles. The highest BCUT2D eigenvalue weighted by molar-refractivity contribution is 4.75. The summed E-state index contributed by atoms with van der Waals surface area (Å²) in [5.74, 6) is 0. The van der Waals surface area contributed by atoms with Gasteiger partial charge in [0.2, 0.25) is 0 Å². The lowest BCUT2D eigenvalue weighted by Crippen LogP contribution is -2.47. The summed E-state index contributed by atoms with van der Waals surface area (Å²) in [6, 6.07) is 0. The van der Waals surface area contributed by atoms with E-state index in [2.05, 4.69) is 37.9 Å². The second-order valence-corrected chi connectivity index (χ2v) is 6.69. The van der Waals surface area contributed by atoms with Crippen molar-refractivity contribution in [1.29, 1.82) is 0 Å². The van der Waals surface area contributed by atoms with Crippen LogP contribution >= 0.6 is 0 Å². The summed E-state index contributed by atoms with van der Waals surface area (Å²) in [4.78, 5) is 2.56. The van der Waals surface area contributed by atoms with Crippen molar-refractivity contribution in [2.75, 3.05) is 39.3 Å². The zero-order valence-corrected chi connectivity index (χ0v) is 12.8. The lowest BCUT2D eigenvalue weighted by atomic mass is 9.97. The van der Waals surface area contributed by atoms with Gasteiger partial charge in [0.05, 0.1) is 12.7 Å². The number of ether oxygens (including phenoxy) is 1. The van der Waals surface area contributed by atoms with Crippen LogP contribution in [-0.2, 0) is 4.74 Å². The van der Waals surface area contributed by atoms with Crippen LogP contribution in [0.3, 0.4) is 0 Å². The first-order valence-corrected chi connectivity index (χ1v) is 7.56. The van der Waals surface area contributed by atoms with E-state index in [9.17, 15) is 0 Å². The minimum absolute atomic E-state index is 0.357. The summed E-state index contributed by atoms with van der Waals surface area (Å²) in [5, 5.41) is 3.53. The monoisotopic (exact) mass is 256 g/mol. The Balaban J connectivity index is 2.14. The molecule has 0 aromatic rings. The van der Waals surface area contributed by atoms with Crippen molar-refractivity contribution in [3.8, 4) is 0 Å². The highest BCUT2D eigenvalue weighted by atomic mass is 16.5. The second kappa shape index (κ2) is 8.13. The Labute approximate surface area is 113 Å². The van der Waals surface area contributed by atoms with Crippen molar-refractivity contribution in [1.82, 2.24) is 10.2 Å². The molecule has 3 nitrogen and oxygen atoms in total. The Kier molecular flexibility index (Phi) is 7.20. The summed E-state index contributed by atoms with van der Waals surface area (Å²) < 4.78 is 5.83. The molecule has 3 heteroatoms. The van der Waals surface area contributed by atoms with Crippen LogP contribution in [-0.4, -0.2) is 50.3 Å². The third-order valence-electron chi connectivity index (χ3n) is 3.33. The molecule has 1 aliphatic rings. The van der Waals surface area contributed by atoms with Gasteiger partial charge in [-0.05, 0) is 18.4 Å². The van der Waals surface area contributed by atoms with Gasteiger partial charge in [0.15, 0.2) is 0 Å². The number of nitrogens with one attached hydrogen (secondary N) is 1. The molecule has 0 spiro atoms. The lowest BCUT2D eigenvalue weighted by Gasteiger charge is -2.33. The highest BCUT2D eigenvalue weighted by Gasteiger charge is 2.20. The van der Waals surface area contributed by atoms with E-state index >= 15 is 0 Å². The van der Waals surface area contributed by atoms with Gasteiger partial charge >= 0.3 is 0 Å². The Hall–Kier alpha value is -0.120. The van der Waals surface area contributed by atoms with Gasteiger partial charge in [0.25, 0.3) is 0 Å². The topological polar surface area (TPSA) is 24.5 Å². The van der Waals surface area contributed by atoms with E-state index in [1.165, 1.54) is 25.8 Å². The van der Waals surface area contributed by atoms with E-state index < -0.39 is 0 Å². The molecule has 1 saturated heterocycles. The first kappa shape index (κ1) is 15.9. The normalized spacial score (nSPS) is 22.3. The third kappa shape index (κ3) is 7.34. The van der Waals surface area contributed by atoms with Crippen LogP contribution in [0.2, 0.25) is 0 Å². The van der Waals surface area contributed by atoms with Gasteiger partial charge in [0, 0.05) is 26.2 Å². The fourth-order valence-electron chi connectivity index (χ4n) is 2.30. The predicted molar refractivity (Wildman–Crippen MR) is 78.0 cm³/mol. The molecule has 0 amide bonds. The maximum atomic E-state index is 5.83. The van der Waals surface area contributed by atoms with Crippen LogP contribution in [0, 0.1) is 5.41 Å². The van der Waals surface area contributed by atoms with Gasteiger partial charge in [-0.3, -0.25) is 4.90 Å². The maximum absolute atomic E-state index is 5.83. The molecule has 1 atom stereocenters. The standard InChI is InChI=1S/C15H32N2O/c1-5-6-7-8-17-9-10-18-14(12-17)11-16-13-15(2,3)4/h14,16H,5-13H2,1-4H3/t14-/m0/s1. The van der Waals surface area contributed by atoms with Crippen molar-refractivity contribution >= 4 is 0 Å². The molecule has 1 fully saturated rings. The van der Waals surface area contributed by atoms with Gasteiger partial charge in [-0.2, -0.15) is 0 Å². The molecule has 1 heterocycles. The van der Waals surface area contributed by atoms with Crippen LogP contribution in [0.15, 0.2) is 0 Å². The molecule has 1 rings (SSSR count). The average molecular weight is 256 g/mol. The quantitative estimate of drug-likeness (QED) is 0.708. The molecule has 0 aromatic heterocycles. The van der Waals surface area contributed by atoms with Crippen molar-refractivity contribution in [3.63, 3.8) is 0 Å². The molecule has 0 saturated carbocycles. The molecular weight excluding hydrogens is 224 g/mol. The zero-order valence-electron chi connectivity index (χ0n) is 12.8. The fourth-order valence-corrected chi connectivity index (χ4v) is 2.30. The average Bonchev–Trinajstić information content (AvgIpc) is 2.28. The number of nitrogens with zero attached hydrogens (tertiary/aromatic N) is 1. The highest BCUT2D eigenvalue weighted by Crippen LogP contribution is 2.11. The number of unbranched alkanes of at least 4 members (excludes halogenated alkanes) is 2. The second-order valence-electron chi connectivity index (χ2n) is 6.69. The molecule has 1 N–H and O–H groups in total. The predicted octanol–water partition coefficient (Wildman–Crippen LogP) is 2.51.